The molecule has 1 amide bonds. The number of rotatable bonds is 7. The van der Waals surface area contributed by atoms with E-state index in [4.69, 9.17) is 9.84 Å². The molecule has 0 heterocycles. The van der Waals surface area contributed by atoms with Crippen LogP contribution in [-0.2, 0) is 9.59 Å². The summed E-state index contributed by atoms with van der Waals surface area (Å²) < 4.78 is 18.3. The van der Waals surface area contributed by atoms with E-state index in [0.29, 0.717) is 44.5 Å². The topological polar surface area (TPSA) is 75.6 Å². The Labute approximate surface area is 128 Å². The van der Waals surface area contributed by atoms with Crippen molar-refractivity contribution in [1.82, 2.24) is 5.32 Å². The summed E-state index contributed by atoms with van der Waals surface area (Å²) >= 11 is 0. The molecule has 2 N–H and O–H groups in total. The summed E-state index contributed by atoms with van der Waals surface area (Å²) in [5.74, 6) is -1.15. The minimum Gasteiger partial charge on any atom is -0.493 e. The Hall–Kier alpha value is -2.11. The van der Waals surface area contributed by atoms with E-state index in [1.165, 1.54) is 12.1 Å². The maximum absolute atomic E-state index is 12.9. The fraction of sp³-hybridized carbons (Fsp3) is 0.500. The number of carbonyl (C=O) groups excluding carboxylic acids is 1. The van der Waals surface area contributed by atoms with Gasteiger partial charge >= 0.3 is 5.97 Å². The molecule has 0 aliphatic heterocycles. The summed E-state index contributed by atoms with van der Waals surface area (Å²) in [6.07, 6.45) is 2.66. The molecule has 0 aromatic heterocycles. The van der Waals surface area contributed by atoms with Gasteiger partial charge in [0.25, 0.3) is 0 Å². The van der Waals surface area contributed by atoms with E-state index < -0.39 is 5.97 Å². The van der Waals surface area contributed by atoms with Gasteiger partial charge in [-0.1, -0.05) is 6.07 Å². The maximum Gasteiger partial charge on any atom is 0.306 e. The highest BCUT2D eigenvalue weighted by Gasteiger charge is 2.30. The van der Waals surface area contributed by atoms with Crippen molar-refractivity contribution in [2.24, 2.45) is 5.92 Å². The summed E-state index contributed by atoms with van der Waals surface area (Å²) in [7, 11) is 0. The SMILES string of the molecule is O=C(CCCOc1cccc(F)c1)N[C@H]1CC[C@@H](C(=O)O)C1. The smallest absolute Gasteiger partial charge is 0.306 e. The number of amides is 1. The van der Waals surface area contributed by atoms with Gasteiger partial charge in [-0.2, -0.15) is 0 Å². The van der Waals surface area contributed by atoms with Crippen LogP contribution in [0.3, 0.4) is 0 Å². The second kappa shape index (κ2) is 7.77. The Morgan fingerprint density at radius 3 is 2.86 bits per heavy atom. The van der Waals surface area contributed by atoms with Crippen LogP contribution in [-0.4, -0.2) is 29.6 Å². The molecule has 1 aliphatic carbocycles. The molecule has 5 nitrogen and oxygen atoms in total. The summed E-state index contributed by atoms with van der Waals surface area (Å²) in [4.78, 5) is 22.6. The fourth-order valence-electron chi connectivity index (χ4n) is 2.62. The Bertz CT molecular complexity index is 535. The van der Waals surface area contributed by atoms with Crippen LogP contribution in [0.15, 0.2) is 24.3 Å². The predicted octanol–water partition coefficient (Wildman–Crippen LogP) is 2.35. The highest BCUT2D eigenvalue weighted by molar-refractivity contribution is 5.76. The quantitative estimate of drug-likeness (QED) is 0.758. The van der Waals surface area contributed by atoms with Gasteiger partial charge in [-0.25, -0.2) is 4.39 Å². The number of ether oxygens (including phenoxy) is 1. The Balaban J connectivity index is 1.61. The molecule has 2 rings (SSSR count). The van der Waals surface area contributed by atoms with E-state index in [1.54, 1.807) is 12.1 Å². The molecule has 1 aromatic carbocycles. The first kappa shape index (κ1) is 16.3. The van der Waals surface area contributed by atoms with Crippen LogP contribution in [0.1, 0.15) is 32.1 Å². The molecule has 6 heteroatoms. The molecular weight excluding hydrogens is 289 g/mol. The van der Waals surface area contributed by atoms with Crippen molar-refractivity contribution >= 4 is 11.9 Å². The van der Waals surface area contributed by atoms with Crippen molar-refractivity contribution in [3.63, 3.8) is 0 Å². The lowest BCUT2D eigenvalue weighted by Gasteiger charge is -2.12. The number of halogens is 1. The van der Waals surface area contributed by atoms with Crippen molar-refractivity contribution in [2.75, 3.05) is 6.61 Å². The summed E-state index contributed by atoms with van der Waals surface area (Å²) in [5, 5.41) is 11.8. The number of carboxylic acid groups (broad SMARTS) is 1. The van der Waals surface area contributed by atoms with E-state index in [2.05, 4.69) is 5.32 Å². The molecule has 0 saturated heterocycles. The maximum atomic E-state index is 12.9. The Kier molecular flexibility index (Phi) is 5.75. The summed E-state index contributed by atoms with van der Waals surface area (Å²) in [5.41, 5.74) is 0. The number of hydrogen-bond acceptors (Lipinski definition) is 3. The number of nitrogens with one attached hydrogen (secondary N) is 1. The first-order valence-corrected chi connectivity index (χ1v) is 7.45. The molecule has 1 fully saturated rings. The molecular formula is C16H20FNO4. The second-order valence-electron chi connectivity index (χ2n) is 5.52. The molecule has 1 aliphatic rings. The minimum absolute atomic E-state index is 0.0438. The summed E-state index contributed by atoms with van der Waals surface area (Å²) in [6.45, 7) is 0.333. The van der Waals surface area contributed by atoms with Gasteiger partial charge in [0.1, 0.15) is 11.6 Å². The molecule has 0 bridgehead atoms. The van der Waals surface area contributed by atoms with Crippen molar-refractivity contribution in [3.8, 4) is 5.75 Å². The Morgan fingerprint density at radius 1 is 1.36 bits per heavy atom. The van der Waals surface area contributed by atoms with Crippen LogP contribution >= 0.6 is 0 Å². The van der Waals surface area contributed by atoms with E-state index in [1.807, 2.05) is 0 Å². The zero-order valence-electron chi connectivity index (χ0n) is 12.3. The average Bonchev–Trinajstić information content (AvgIpc) is 2.92. The first-order valence-electron chi connectivity index (χ1n) is 7.45. The van der Waals surface area contributed by atoms with Crippen molar-refractivity contribution in [2.45, 2.75) is 38.1 Å². The lowest BCUT2D eigenvalue weighted by molar-refractivity contribution is -0.141. The van der Waals surface area contributed by atoms with Gasteiger partial charge in [-0.3, -0.25) is 9.59 Å². The standard InChI is InChI=1S/C16H20FNO4/c17-12-3-1-4-14(10-12)22-8-2-5-15(19)18-13-7-6-11(9-13)16(20)21/h1,3-4,10-11,13H,2,5-9H2,(H,18,19)(H,20,21)/t11-,13+/m1/s1. The number of aliphatic carboxylic acids is 1. The Morgan fingerprint density at radius 2 is 2.18 bits per heavy atom. The lowest BCUT2D eigenvalue weighted by Crippen LogP contribution is -2.33. The van der Waals surface area contributed by atoms with Gasteiger partial charge in [-0.05, 0) is 37.8 Å². The van der Waals surface area contributed by atoms with E-state index >= 15 is 0 Å². The molecule has 120 valence electrons. The largest absolute Gasteiger partial charge is 0.493 e. The van der Waals surface area contributed by atoms with E-state index in [-0.39, 0.29) is 23.7 Å². The molecule has 1 aromatic rings. The highest BCUT2D eigenvalue weighted by Crippen LogP contribution is 2.25. The van der Waals surface area contributed by atoms with Crippen molar-refractivity contribution < 1.29 is 23.8 Å². The third kappa shape index (κ3) is 5.02. The first-order chi connectivity index (χ1) is 10.5. The van der Waals surface area contributed by atoms with Gasteiger partial charge in [0.15, 0.2) is 0 Å². The third-order valence-corrected chi connectivity index (χ3v) is 3.76. The number of carboxylic acids is 1. The van der Waals surface area contributed by atoms with Crippen LogP contribution in [0.25, 0.3) is 0 Å². The van der Waals surface area contributed by atoms with E-state index in [9.17, 15) is 14.0 Å². The monoisotopic (exact) mass is 309 g/mol. The van der Waals surface area contributed by atoms with Gasteiger partial charge in [-0.15, -0.1) is 0 Å². The fourth-order valence-corrected chi connectivity index (χ4v) is 2.62. The molecule has 0 spiro atoms. The average molecular weight is 309 g/mol. The molecule has 1 saturated carbocycles. The van der Waals surface area contributed by atoms with Gasteiger partial charge in [0.05, 0.1) is 12.5 Å². The normalized spacial score (nSPS) is 20.6. The number of carbonyl (C=O) groups is 2. The van der Waals surface area contributed by atoms with E-state index in [0.717, 1.165) is 0 Å². The zero-order valence-corrected chi connectivity index (χ0v) is 12.3. The van der Waals surface area contributed by atoms with Crippen molar-refractivity contribution in [1.29, 1.82) is 0 Å². The van der Waals surface area contributed by atoms with Crippen LogP contribution in [0, 0.1) is 11.7 Å². The highest BCUT2D eigenvalue weighted by atomic mass is 19.1. The number of benzene rings is 1. The summed E-state index contributed by atoms with van der Waals surface area (Å²) in [6, 6.07) is 5.82. The molecule has 0 radical (unpaired) electrons. The number of hydrogen-bond donors (Lipinski definition) is 2. The third-order valence-electron chi connectivity index (χ3n) is 3.76. The van der Waals surface area contributed by atoms with Gasteiger partial charge in [0.2, 0.25) is 5.91 Å². The zero-order chi connectivity index (χ0) is 15.9. The van der Waals surface area contributed by atoms with Crippen LogP contribution in [0.5, 0.6) is 5.75 Å². The minimum atomic E-state index is -0.791. The van der Waals surface area contributed by atoms with Gasteiger partial charge < -0.3 is 15.2 Å². The van der Waals surface area contributed by atoms with Crippen LogP contribution < -0.4 is 10.1 Å². The lowest BCUT2D eigenvalue weighted by atomic mass is 10.1. The van der Waals surface area contributed by atoms with Crippen LogP contribution in [0.4, 0.5) is 4.39 Å². The molecule has 2 atom stereocenters. The van der Waals surface area contributed by atoms with Crippen LogP contribution in [0.2, 0.25) is 0 Å². The van der Waals surface area contributed by atoms with Crippen molar-refractivity contribution in [3.05, 3.63) is 30.1 Å². The molecule has 22 heavy (non-hydrogen) atoms. The molecule has 0 unspecified atom stereocenters. The van der Waals surface area contributed by atoms with Gasteiger partial charge in [0, 0.05) is 18.5 Å². The predicted molar refractivity (Wildman–Crippen MR) is 78.0 cm³/mol. The second-order valence-corrected chi connectivity index (χ2v) is 5.52.